The molecule has 1 saturated heterocycles. The van der Waals surface area contributed by atoms with Crippen molar-refractivity contribution in [3.05, 3.63) is 30.5 Å². The molecule has 1 aromatic heterocycles. The molecule has 0 bridgehead atoms. The van der Waals surface area contributed by atoms with E-state index in [1.54, 1.807) is 6.20 Å². The lowest BCUT2D eigenvalue weighted by Gasteiger charge is -2.26. The van der Waals surface area contributed by atoms with Gasteiger partial charge in [-0.2, -0.15) is 5.10 Å². The molecule has 2 heterocycles. The molecule has 5 heteroatoms. The number of nitrogens with two attached hydrogens (primary N) is 1. The number of rotatable bonds is 3. The molecule has 0 atom stereocenters. The van der Waals surface area contributed by atoms with E-state index < -0.39 is 0 Å². The summed E-state index contributed by atoms with van der Waals surface area (Å²) in [5.41, 5.74) is 7.67. The van der Waals surface area contributed by atoms with Crippen LogP contribution in [0, 0.1) is 0 Å². The molecule has 1 aliphatic heterocycles. The Morgan fingerprint density at radius 1 is 1.41 bits per heavy atom. The van der Waals surface area contributed by atoms with Gasteiger partial charge in [0, 0.05) is 5.56 Å². The highest BCUT2D eigenvalue weighted by atomic mass is 16.6. The first-order chi connectivity index (χ1) is 8.33. The molecule has 0 spiro atoms. The van der Waals surface area contributed by atoms with Crippen LogP contribution in [-0.4, -0.2) is 29.5 Å². The van der Waals surface area contributed by atoms with Crippen LogP contribution in [-0.2, 0) is 4.74 Å². The van der Waals surface area contributed by atoms with Crippen LogP contribution in [0.5, 0.6) is 5.75 Å². The van der Waals surface area contributed by atoms with Crippen LogP contribution in [0.1, 0.15) is 0 Å². The number of aromatic nitrogens is 2. The van der Waals surface area contributed by atoms with E-state index in [1.165, 1.54) is 0 Å². The summed E-state index contributed by atoms with van der Waals surface area (Å²) >= 11 is 0. The highest BCUT2D eigenvalue weighted by Gasteiger charge is 2.20. The lowest BCUT2D eigenvalue weighted by atomic mass is 10.1. The van der Waals surface area contributed by atoms with E-state index in [9.17, 15) is 0 Å². The first-order valence-electron chi connectivity index (χ1n) is 5.46. The molecule has 0 aliphatic carbocycles. The summed E-state index contributed by atoms with van der Waals surface area (Å²) in [6.07, 6.45) is 1.88. The zero-order valence-corrected chi connectivity index (χ0v) is 9.22. The number of ether oxygens (including phenoxy) is 2. The Morgan fingerprint density at radius 2 is 2.29 bits per heavy atom. The Labute approximate surface area is 98.5 Å². The number of hydrogen-bond acceptors (Lipinski definition) is 4. The van der Waals surface area contributed by atoms with Crippen molar-refractivity contribution in [1.82, 2.24) is 10.2 Å². The minimum atomic E-state index is 0.173. The summed E-state index contributed by atoms with van der Waals surface area (Å²) in [4.78, 5) is 0. The van der Waals surface area contributed by atoms with Crippen molar-refractivity contribution < 1.29 is 9.47 Å². The molecular formula is C12H13N3O2. The van der Waals surface area contributed by atoms with Gasteiger partial charge in [-0.15, -0.1) is 0 Å². The number of aromatic amines is 1. The van der Waals surface area contributed by atoms with Crippen molar-refractivity contribution >= 4 is 5.82 Å². The Balaban J connectivity index is 1.85. The Bertz CT molecular complexity index is 520. The van der Waals surface area contributed by atoms with Gasteiger partial charge in [0.25, 0.3) is 0 Å². The van der Waals surface area contributed by atoms with E-state index in [0.29, 0.717) is 19.0 Å². The third-order valence-corrected chi connectivity index (χ3v) is 2.72. The molecule has 0 unspecified atom stereocenters. The second-order valence-corrected chi connectivity index (χ2v) is 4.00. The molecule has 88 valence electrons. The summed E-state index contributed by atoms with van der Waals surface area (Å²) in [5.74, 6) is 1.39. The van der Waals surface area contributed by atoms with Crippen LogP contribution in [0.4, 0.5) is 5.82 Å². The van der Waals surface area contributed by atoms with E-state index in [1.807, 2.05) is 24.3 Å². The summed E-state index contributed by atoms with van der Waals surface area (Å²) in [6.45, 7) is 1.33. The Morgan fingerprint density at radius 3 is 2.94 bits per heavy atom. The third kappa shape index (κ3) is 1.97. The maximum absolute atomic E-state index is 5.78. The molecule has 0 amide bonds. The highest BCUT2D eigenvalue weighted by molar-refractivity contribution is 5.73. The summed E-state index contributed by atoms with van der Waals surface area (Å²) in [5, 5.41) is 6.62. The van der Waals surface area contributed by atoms with Gasteiger partial charge in [0.1, 0.15) is 17.7 Å². The second-order valence-electron chi connectivity index (χ2n) is 4.00. The van der Waals surface area contributed by atoms with Gasteiger partial charge in [0.15, 0.2) is 0 Å². The van der Waals surface area contributed by atoms with Crippen LogP contribution in [0.3, 0.4) is 0 Å². The van der Waals surface area contributed by atoms with Gasteiger partial charge >= 0.3 is 0 Å². The lowest BCUT2D eigenvalue weighted by Crippen LogP contribution is -2.38. The molecule has 2 aromatic rings. The summed E-state index contributed by atoms with van der Waals surface area (Å²) in [6, 6.07) is 7.81. The molecule has 1 aromatic carbocycles. The molecule has 0 radical (unpaired) electrons. The lowest BCUT2D eigenvalue weighted by molar-refractivity contribution is -0.0796. The molecule has 1 aliphatic rings. The van der Waals surface area contributed by atoms with Crippen molar-refractivity contribution in [1.29, 1.82) is 0 Å². The number of nitrogen functional groups attached to an aromatic ring is 1. The average Bonchev–Trinajstić information content (AvgIpc) is 2.71. The van der Waals surface area contributed by atoms with Gasteiger partial charge < -0.3 is 15.2 Å². The SMILES string of the molecule is Nc1[nH]ncc1-c1cccc(OC2COC2)c1. The van der Waals surface area contributed by atoms with Crippen molar-refractivity contribution in [2.24, 2.45) is 0 Å². The zero-order valence-electron chi connectivity index (χ0n) is 9.22. The monoisotopic (exact) mass is 231 g/mol. The Kier molecular flexibility index (Phi) is 2.45. The van der Waals surface area contributed by atoms with Crippen molar-refractivity contribution in [2.45, 2.75) is 6.10 Å². The first kappa shape index (κ1) is 10.2. The fourth-order valence-electron chi connectivity index (χ4n) is 1.74. The Hall–Kier alpha value is -2.01. The normalized spacial score (nSPS) is 15.5. The smallest absolute Gasteiger partial charge is 0.145 e. The zero-order chi connectivity index (χ0) is 11.7. The minimum Gasteiger partial charge on any atom is -0.486 e. The van der Waals surface area contributed by atoms with E-state index in [4.69, 9.17) is 15.2 Å². The fraction of sp³-hybridized carbons (Fsp3) is 0.250. The maximum atomic E-state index is 5.78. The van der Waals surface area contributed by atoms with Gasteiger partial charge in [-0.25, -0.2) is 0 Å². The van der Waals surface area contributed by atoms with Crippen molar-refractivity contribution in [3.63, 3.8) is 0 Å². The molecular weight excluding hydrogens is 218 g/mol. The van der Waals surface area contributed by atoms with Crippen LogP contribution in [0.15, 0.2) is 30.5 Å². The maximum Gasteiger partial charge on any atom is 0.145 e. The van der Waals surface area contributed by atoms with E-state index in [2.05, 4.69) is 10.2 Å². The topological polar surface area (TPSA) is 73.2 Å². The van der Waals surface area contributed by atoms with Crippen LogP contribution in [0.2, 0.25) is 0 Å². The number of H-pyrrole nitrogens is 1. The average molecular weight is 231 g/mol. The van der Waals surface area contributed by atoms with Crippen molar-refractivity contribution in [3.8, 4) is 16.9 Å². The van der Waals surface area contributed by atoms with Crippen molar-refractivity contribution in [2.75, 3.05) is 18.9 Å². The van der Waals surface area contributed by atoms with E-state index in [0.717, 1.165) is 16.9 Å². The quantitative estimate of drug-likeness (QED) is 0.838. The van der Waals surface area contributed by atoms with Gasteiger partial charge in [-0.3, -0.25) is 5.10 Å². The number of nitrogens with one attached hydrogen (secondary N) is 1. The third-order valence-electron chi connectivity index (χ3n) is 2.72. The number of benzene rings is 1. The number of nitrogens with zero attached hydrogens (tertiary/aromatic N) is 1. The largest absolute Gasteiger partial charge is 0.486 e. The second kappa shape index (κ2) is 4.10. The molecule has 5 nitrogen and oxygen atoms in total. The molecule has 17 heavy (non-hydrogen) atoms. The number of hydrogen-bond donors (Lipinski definition) is 2. The van der Waals surface area contributed by atoms with Gasteiger partial charge in [0.2, 0.25) is 0 Å². The molecule has 1 fully saturated rings. The van der Waals surface area contributed by atoms with E-state index in [-0.39, 0.29) is 6.10 Å². The summed E-state index contributed by atoms with van der Waals surface area (Å²) < 4.78 is 10.8. The van der Waals surface area contributed by atoms with Crippen LogP contribution >= 0.6 is 0 Å². The van der Waals surface area contributed by atoms with Gasteiger partial charge in [0.05, 0.1) is 19.4 Å². The van der Waals surface area contributed by atoms with Crippen LogP contribution in [0.25, 0.3) is 11.1 Å². The minimum absolute atomic E-state index is 0.173. The number of anilines is 1. The molecule has 3 rings (SSSR count). The van der Waals surface area contributed by atoms with E-state index >= 15 is 0 Å². The van der Waals surface area contributed by atoms with Gasteiger partial charge in [-0.1, -0.05) is 12.1 Å². The molecule has 3 N–H and O–H groups in total. The predicted octanol–water partition coefficient (Wildman–Crippen LogP) is 1.44. The first-order valence-corrected chi connectivity index (χ1v) is 5.46. The predicted molar refractivity (Wildman–Crippen MR) is 63.7 cm³/mol. The van der Waals surface area contributed by atoms with Gasteiger partial charge in [-0.05, 0) is 17.7 Å². The highest BCUT2D eigenvalue weighted by Crippen LogP contribution is 2.27. The fourth-order valence-corrected chi connectivity index (χ4v) is 1.74. The molecule has 0 saturated carbocycles. The standard InChI is InChI=1S/C12H13N3O2/c13-12-11(5-14-15-12)8-2-1-3-9(4-8)17-10-6-16-7-10/h1-5,10H,6-7H2,(H3,13,14,15). The van der Waals surface area contributed by atoms with Crippen LogP contribution < -0.4 is 10.5 Å². The summed E-state index contributed by atoms with van der Waals surface area (Å²) in [7, 11) is 0.